The van der Waals surface area contributed by atoms with Crippen LogP contribution in [0.2, 0.25) is 0 Å². The minimum absolute atomic E-state index is 0.642. The maximum absolute atomic E-state index is 3.76. The Morgan fingerprint density at radius 2 is 1.84 bits per heavy atom. The maximum Gasteiger partial charge on any atom is 0.0429 e. The molecule has 0 aliphatic carbocycles. The molecular formula is C17H20N2. The molecule has 2 atom stereocenters. The average Bonchev–Trinajstić information content (AvgIpc) is 3.04. The highest BCUT2D eigenvalue weighted by molar-refractivity contribution is 5.85. The van der Waals surface area contributed by atoms with E-state index in [1.54, 1.807) is 0 Å². The van der Waals surface area contributed by atoms with Crippen LogP contribution in [0.1, 0.15) is 19.3 Å². The number of fused-ring (bicyclic) bond motifs is 2. The molecule has 2 fully saturated rings. The Kier molecular flexibility index (Phi) is 2.70. The quantitative estimate of drug-likeness (QED) is 0.880. The summed E-state index contributed by atoms with van der Waals surface area (Å²) in [7, 11) is 0. The molecule has 2 heteroatoms. The monoisotopic (exact) mass is 252 g/mol. The SMILES string of the molecule is c1ccc2cc(NC3CCN4CCCC34)ccc2c1. The Morgan fingerprint density at radius 1 is 0.947 bits per heavy atom. The zero-order chi connectivity index (χ0) is 12.7. The lowest BCUT2D eigenvalue weighted by Crippen LogP contribution is -2.33. The third kappa shape index (κ3) is 2.00. The van der Waals surface area contributed by atoms with Gasteiger partial charge in [0.1, 0.15) is 0 Å². The summed E-state index contributed by atoms with van der Waals surface area (Å²) in [5.41, 5.74) is 1.28. The summed E-state index contributed by atoms with van der Waals surface area (Å²) in [6.45, 7) is 2.58. The van der Waals surface area contributed by atoms with Gasteiger partial charge in [0.05, 0.1) is 0 Å². The molecule has 19 heavy (non-hydrogen) atoms. The predicted molar refractivity (Wildman–Crippen MR) is 80.6 cm³/mol. The minimum Gasteiger partial charge on any atom is -0.381 e. The van der Waals surface area contributed by atoms with Gasteiger partial charge in [-0.25, -0.2) is 0 Å². The van der Waals surface area contributed by atoms with E-state index in [-0.39, 0.29) is 0 Å². The van der Waals surface area contributed by atoms with E-state index in [1.807, 2.05) is 0 Å². The Bertz CT molecular complexity index is 593. The normalized spacial score (nSPS) is 26.7. The van der Waals surface area contributed by atoms with Crippen LogP contribution in [0.5, 0.6) is 0 Å². The van der Waals surface area contributed by atoms with Crippen molar-refractivity contribution in [1.29, 1.82) is 0 Å². The second-order valence-electron chi connectivity index (χ2n) is 5.85. The summed E-state index contributed by atoms with van der Waals surface area (Å²) in [6.07, 6.45) is 4.03. The van der Waals surface area contributed by atoms with E-state index >= 15 is 0 Å². The van der Waals surface area contributed by atoms with Gasteiger partial charge in [-0.05, 0) is 48.7 Å². The van der Waals surface area contributed by atoms with Crippen molar-refractivity contribution in [1.82, 2.24) is 4.90 Å². The number of nitrogens with one attached hydrogen (secondary N) is 1. The van der Waals surface area contributed by atoms with Gasteiger partial charge in [0.2, 0.25) is 0 Å². The van der Waals surface area contributed by atoms with Crippen LogP contribution in [-0.2, 0) is 0 Å². The zero-order valence-electron chi connectivity index (χ0n) is 11.2. The number of hydrogen-bond acceptors (Lipinski definition) is 2. The van der Waals surface area contributed by atoms with Crippen molar-refractivity contribution in [3.8, 4) is 0 Å². The van der Waals surface area contributed by atoms with E-state index in [1.165, 1.54) is 48.8 Å². The fourth-order valence-electron chi connectivity index (χ4n) is 3.74. The number of rotatable bonds is 2. The van der Waals surface area contributed by atoms with Crippen LogP contribution in [0.25, 0.3) is 10.8 Å². The second-order valence-corrected chi connectivity index (χ2v) is 5.85. The first kappa shape index (κ1) is 11.3. The molecule has 0 spiro atoms. The van der Waals surface area contributed by atoms with Crippen LogP contribution >= 0.6 is 0 Å². The number of hydrogen-bond donors (Lipinski definition) is 1. The number of anilines is 1. The lowest BCUT2D eigenvalue weighted by atomic mass is 10.1. The molecule has 0 radical (unpaired) electrons. The predicted octanol–water partition coefficient (Wildman–Crippen LogP) is 3.49. The summed E-state index contributed by atoms with van der Waals surface area (Å²) in [6, 6.07) is 16.7. The highest BCUT2D eigenvalue weighted by atomic mass is 15.2. The first-order valence-electron chi connectivity index (χ1n) is 7.39. The molecule has 2 aromatic carbocycles. The third-order valence-electron chi connectivity index (χ3n) is 4.71. The van der Waals surface area contributed by atoms with E-state index in [9.17, 15) is 0 Å². The first-order chi connectivity index (χ1) is 9.40. The summed E-state index contributed by atoms with van der Waals surface area (Å²) in [5.74, 6) is 0. The molecule has 2 nitrogen and oxygen atoms in total. The first-order valence-corrected chi connectivity index (χ1v) is 7.39. The van der Waals surface area contributed by atoms with Crippen molar-refractivity contribution in [2.45, 2.75) is 31.3 Å². The third-order valence-corrected chi connectivity index (χ3v) is 4.71. The largest absolute Gasteiger partial charge is 0.381 e. The highest BCUT2D eigenvalue weighted by Crippen LogP contribution is 2.30. The van der Waals surface area contributed by atoms with Crippen LogP contribution in [0.3, 0.4) is 0 Å². The zero-order valence-corrected chi connectivity index (χ0v) is 11.2. The van der Waals surface area contributed by atoms with Gasteiger partial charge in [-0.15, -0.1) is 0 Å². The van der Waals surface area contributed by atoms with Crippen LogP contribution in [-0.4, -0.2) is 30.1 Å². The van der Waals surface area contributed by atoms with Gasteiger partial charge in [-0.3, -0.25) is 4.90 Å². The molecular weight excluding hydrogens is 232 g/mol. The van der Waals surface area contributed by atoms with E-state index in [0.29, 0.717) is 6.04 Å². The van der Waals surface area contributed by atoms with Crippen molar-refractivity contribution in [3.63, 3.8) is 0 Å². The molecule has 2 heterocycles. The smallest absolute Gasteiger partial charge is 0.0429 e. The van der Waals surface area contributed by atoms with Gasteiger partial charge in [0.25, 0.3) is 0 Å². The molecule has 0 saturated carbocycles. The van der Waals surface area contributed by atoms with Gasteiger partial charge in [-0.2, -0.15) is 0 Å². The van der Waals surface area contributed by atoms with Gasteiger partial charge in [0, 0.05) is 24.3 Å². The molecule has 1 N–H and O–H groups in total. The van der Waals surface area contributed by atoms with Crippen molar-refractivity contribution < 1.29 is 0 Å². The summed E-state index contributed by atoms with van der Waals surface area (Å²) < 4.78 is 0. The van der Waals surface area contributed by atoms with E-state index < -0.39 is 0 Å². The molecule has 4 rings (SSSR count). The Balaban J connectivity index is 1.58. The van der Waals surface area contributed by atoms with Crippen LogP contribution < -0.4 is 5.32 Å². The van der Waals surface area contributed by atoms with E-state index in [4.69, 9.17) is 0 Å². The van der Waals surface area contributed by atoms with Gasteiger partial charge >= 0.3 is 0 Å². The van der Waals surface area contributed by atoms with E-state index in [2.05, 4.69) is 52.7 Å². The average molecular weight is 252 g/mol. The van der Waals surface area contributed by atoms with E-state index in [0.717, 1.165) is 6.04 Å². The Labute approximate surface area is 114 Å². The molecule has 0 aromatic heterocycles. The molecule has 98 valence electrons. The topological polar surface area (TPSA) is 15.3 Å². The number of nitrogens with zero attached hydrogens (tertiary/aromatic N) is 1. The second kappa shape index (κ2) is 4.53. The molecule has 2 aliphatic rings. The Hall–Kier alpha value is -1.54. The fourth-order valence-corrected chi connectivity index (χ4v) is 3.74. The Morgan fingerprint density at radius 3 is 2.79 bits per heavy atom. The summed E-state index contributed by atoms with van der Waals surface area (Å²) >= 11 is 0. The minimum atomic E-state index is 0.642. The number of benzene rings is 2. The molecule has 0 amide bonds. The van der Waals surface area contributed by atoms with Gasteiger partial charge < -0.3 is 5.32 Å². The van der Waals surface area contributed by atoms with Crippen molar-refractivity contribution in [3.05, 3.63) is 42.5 Å². The maximum atomic E-state index is 3.76. The molecule has 2 saturated heterocycles. The van der Waals surface area contributed by atoms with Crippen molar-refractivity contribution in [2.24, 2.45) is 0 Å². The van der Waals surface area contributed by atoms with Crippen LogP contribution in [0.4, 0.5) is 5.69 Å². The highest BCUT2D eigenvalue weighted by Gasteiger charge is 2.36. The standard InChI is InChI=1S/C17H20N2/c1-2-5-14-12-15(8-7-13(14)4-1)18-16-9-11-19-10-3-6-17(16)19/h1-2,4-5,7-8,12,16-18H,3,6,9-11H2. The lowest BCUT2D eigenvalue weighted by Gasteiger charge is -2.22. The van der Waals surface area contributed by atoms with Gasteiger partial charge in [-0.1, -0.05) is 30.3 Å². The summed E-state index contributed by atoms with van der Waals surface area (Å²) in [4.78, 5) is 2.65. The molecule has 0 bridgehead atoms. The molecule has 2 aliphatic heterocycles. The summed E-state index contributed by atoms with van der Waals surface area (Å²) in [5, 5.41) is 6.41. The van der Waals surface area contributed by atoms with Crippen LogP contribution in [0.15, 0.2) is 42.5 Å². The fraction of sp³-hybridized carbons (Fsp3) is 0.412. The van der Waals surface area contributed by atoms with Crippen molar-refractivity contribution >= 4 is 16.5 Å². The molecule has 2 unspecified atom stereocenters. The van der Waals surface area contributed by atoms with Gasteiger partial charge in [0.15, 0.2) is 0 Å². The molecule has 2 aromatic rings. The lowest BCUT2D eigenvalue weighted by molar-refractivity contribution is 0.318. The van der Waals surface area contributed by atoms with Crippen LogP contribution in [0, 0.1) is 0 Å². The van der Waals surface area contributed by atoms with Crippen molar-refractivity contribution in [2.75, 3.05) is 18.4 Å².